The number of anilines is 1. The predicted octanol–water partition coefficient (Wildman–Crippen LogP) is 2.60. The number of ether oxygens (including phenoxy) is 1. The normalized spacial score (nSPS) is 23.2. The third-order valence-corrected chi connectivity index (χ3v) is 4.18. The molecule has 0 aliphatic carbocycles. The van der Waals surface area contributed by atoms with Crippen LogP contribution in [0.5, 0.6) is 5.75 Å². The Labute approximate surface area is 115 Å². The topological polar surface area (TPSA) is 62.3 Å². The summed E-state index contributed by atoms with van der Waals surface area (Å²) in [5.41, 5.74) is 7.52. The zero-order chi connectivity index (χ0) is 14.0. The largest absolute Gasteiger partial charge is 0.497 e. The molecule has 1 fully saturated rings. The lowest BCUT2D eigenvalue weighted by molar-refractivity contribution is 0.362. The van der Waals surface area contributed by atoms with Crippen molar-refractivity contribution in [2.45, 2.75) is 32.7 Å². The van der Waals surface area contributed by atoms with Gasteiger partial charge in [0, 0.05) is 24.2 Å². The molecule has 0 amide bonds. The summed E-state index contributed by atoms with van der Waals surface area (Å²) in [5, 5.41) is 7.75. The number of nitrogens with one attached hydrogen (secondary N) is 1. The van der Waals surface area contributed by atoms with Crippen molar-refractivity contribution in [3.8, 4) is 5.75 Å². The van der Waals surface area contributed by atoms with Crippen LogP contribution in [0.1, 0.15) is 32.3 Å². The summed E-state index contributed by atoms with van der Waals surface area (Å²) < 4.78 is 5.30. The number of nitrogens with two attached hydrogens (primary N) is 1. The molecule has 2 atom stereocenters. The fourth-order valence-corrected chi connectivity index (χ4v) is 2.78. The first kappa shape index (κ1) is 13.7. The summed E-state index contributed by atoms with van der Waals surface area (Å²) in [5.74, 6) is 1.58. The fraction of sp³-hybridized carbons (Fsp3) is 0.533. The summed E-state index contributed by atoms with van der Waals surface area (Å²) in [6.45, 7) is 5.54. The van der Waals surface area contributed by atoms with Crippen LogP contribution >= 0.6 is 0 Å². The molecule has 0 radical (unpaired) electrons. The van der Waals surface area contributed by atoms with Crippen LogP contribution in [0.3, 0.4) is 0 Å². The molecule has 0 bridgehead atoms. The van der Waals surface area contributed by atoms with Gasteiger partial charge in [0.2, 0.25) is 0 Å². The SMILES string of the molecule is COc1ccc(C(=N)N)c(N2CCCC(C)C2C)c1. The number of nitrogen functional groups attached to an aromatic ring is 1. The number of nitrogens with zero attached hydrogens (tertiary/aromatic N) is 1. The van der Waals surface area contributed by atoms with Gasteiger partial charge in [-0.15, -0.1) is 0 Å². The Balaban J connectivity index is 2.43. The molecular weight excluding hydrogens is 238 g/mol. The maximum Gasteiger partial charge on any atom is 0.124 e. The van der Waals surface area contributed by atoms with Gasteiger partial charge in [-0.3, -0.25) is 5.41 Å². The van der Waals surface area contributed by atoms with Crippen molar-refractivity contribution in [3.05, 3.63) is 23.8 Å². The number of rotatable bonds is 3. The molecule has 2 unspecified atom stereocenters. The minimum absolute atomic E-state index is 0.114. The number of benzene rings is 1. The summed E-state index contributed by atoms with van der Waals surface area (Å²) in [7, 11) is 1.66. The molecule has 104 valence electrons. The molecular formula is C15H23N3O. The van der Waals surface area contributed by atoms with E-state index in [1.807, 2.05) is 18.2 Å². The number of amidine groups is 1. The lowest BCUT2D eigenvalue weighted by Crippen LogP contribution is -2.43. The van der Waals surface area contributed by atoms with Gasteiger partial charge in [0.05, 0.1) is 12.8 Å². The molecule has 1 aliphatic rings. The lowest BCUT2D eigenvalue weighted by Gasteiger charge is -2.40. The summed E-state index contributed by atoms with van der Waals surface area (Å²) in [4.78, 5) is 2.35. The van der Waals surface area contributed by atoms with E-state index < -0.39 is 0 Å². The molecule has 1 saturated heterocycles. The van der Waals surface area contributed by atoms with Gasteiger partial charge in [0.1, 0.15) is 11.6 Å². The van der Waals surface area contributed by atoms with Crippen molar-refractivity contribution in [1.29, 1.82) is 5.41 Å². The molecule has 3 N–H and O–H groups in total. The number of hydrogen-bond acceptors (Lipinski definition) is 3. The van der Waals surface area contributed by atoms with Crippen LogP contribution in [0.2, 0.25) is 0 Å². The second-order valence-corrected chi connectivity index (χ2v) is 5.35. The highest BCUT2D eigenvalue weighted by Gasteiger charge is 2.27. The number of hydrogen-bond donors (Lipinski definition) is 2. The smallest absolute Gasteiger partial charge is 0.124 e. The maximum absolute atomic E-state index is 7.75. The Morgan fingerprint density at radius 1 is 1.42 bits per heavy atom. The molecule has 4 nitrogen and oxygen atoms in total. The van der Waals surface area contributed by atoms with E-state index in [0.29, 0.717) is 12.0 Å². The first-order chi connectivity index (χ1) is 9.04. The Morgan fingerprint density at radius 2 is 2.16 bits per heavy atom. The fourth-order valence-electron chi connectivity index (χ4n) is 2.78. The molecule has 2 rings (SSSR count). The Hall–Kier alpha value is -1.71. The molecule has 1 aromatic rings. The molecule has 1 aliphatic heterocycles. The van der Waals surface area contributed by atoms with Crippen molar-refractivity contribution in [1.82, 2.24) is 0 Å². The second kappa shape index (κ2) is 5.51. The Kier molecular flexibility index (Phi) is 3.98. The number of piperidine rings is 1. The van der Waals surface area contributed by atoms with Gasteiger partial charge in [-0.25, -0.2) is 0 Å². The number of methoxy groups -OCH3 is 1. The quantitative estimate of drug-likeness (QED) is 0.649. The van der Waals surface area contributed by atoms with Crippen molar-refractivity contribution >= 4 is 11.5 Å². The van der Waals surface area contributed by atoms with Gasteiger partial charge in [-0.2, -0.15) is 0 Å². The van der Waals surface area contributed by atoms with Gasteiger partial charge < -0.3 is 15.4 Å². The lowest BCUT2D eigenvalue weighted by atomic mass is 9.91. The van der Waals surface area contributed by atoms with Gasteiger partial charge in [0.15, 0.2) is 0 Å². The van der Waals surface area contributed by atoms with Crippen LogP contribution in [-0.4, -0.2) is 25.5 Å². The zero-order valence-electron chi connectivity index (χ0n) is 11.9. The van der Waals surface area contributed by atoms with Crippen LogP contribution in [-0.2, 0) is 0 Å². The molecule has 4 heteroatoms. The zero-order valence-corrected chi connectivity index (χ0v) is 11.9. The van der Waals surface area contributed by atoms with Gasteiger partial charge in [-0.05, 0) is 37.8 Å². The van der Waals surface area contributed by atoms with E-state index in [2.05, 4.69) is 18.7 Å². The van der Waals surface area contributed by atoms with Crippen LogP contribution in [0.25, 0.3) is 0 Å². The van der Waals surface area contributed by atoms with E-state index in [9.17, 15) is 0 Å². The van der Waals surface area contributed by atoms with Crippen LogP contribution in [0.15, 0.2) is 18.2 Å². The summed E-state index contributed by atoms with van der Waals surface area (Å²) in [6, 6.07) is 6.19. The van der Waals surface area contributed by atoms with E-state index in [-0.39, 0.29) is 5.84 Å². The van der Waals surface area contributed by atoms with Crippen molar-refractivity contribution in [3.63, 3.8) is 0 Å². The Bertz CT molecular complexity index is 472. The molecule has 1 aromatic carbocycles. The molecule has 0 saturated carbocycles. The van der Waals surface area contributed by atoms with Gasteiger partial charge in [0.25, 0.3) is 0 Å². The average molecular weight is 261 g/mol. The maximum atomic E-state index is 7.75. The van der Waals surface area contributed by atoms with E-state index >= 15 is 0 Å². The van der Waals surface area contributed by atoms with Gasteiger partial charge in [-0.1, -0.05) is 6.92 Å². The van der Waals surface area contributed by atoms with Gasteiger partial charge >= 0.3 is 0 Å². The van der Waals surface area contributed by atoms with Crippen LogP contribution in [0, 0.1) is 11.3 Å². The van der Waals surface area contributed by atoms with Crippen LogP contribution in [0.4, 0.5) is 5.69 Å². The average Bonchev–Trinajstić information content (AvgIpc) is 2.41. The minimum atomic E-state index is 0.114. The van der Waals surface area contributed by atoms with Crippen molar-refractivity contribution in [2.24, 2.45) is 11.7 Å². The summed E-state index contributed by atoms with van der Waals surface area (Å²) in [6.07, 6.45) is 2.44. The first-order valence-electron chi connectivity index (χ1n) is 6.83. The summed E-state index contributed by atoms with van der Waals surface area (Å²) >= 11 is 0. The van der Waals surface area contributed by atoms with Crippen LogP contribution < -0.4 is 15.4 Å². The minimum Gasteiger partial charge on any atom is -0.497 e. The first-order valence-corrected chi connectivity index (χ1v) is 6.83. The molecule has 19 heavy (non-hydrogen) atoms. The van der Waals surface area contributed by atoms with Crippen molar-refractivity contribution < 1.29 is 4.74 Å². The molecule has 0 aromatic heterocycles. The third-order valence-electron chi connectivity index (χ3n) is 4.18. The third kappa shape index (κ3) is 2.67. The molecule has 0 spiro atoms. The highest BCUT2D eigenvalue weighted by Crippen LogP contribution is 2.33. The Morgan fingerprint density at radius 3 is 2.79 bits per heavy atom. The second-order valence-electron chi connectivity index (χ2n) is 5.35. The highest BCUT2D eigenvalue weighted by molar-refractivity contribution is 6.00. The van der Waals surface area contributed by atoms with E-state index in [1.165, 1.54) is 12.8 Å². The van der Waals surface area contributed by atoms with E-state index in [4.69, 9.17) is 15.9 Å². The standard InChI is InChI=1S/C15H23N3O/c1-10-5-4-8-18(11(10)2)14-9-12(19-3)6-7-13(14)15(16)17/h6-7,9-11H,4-5,8H2,1-3H3,(H3,16,17). The predicted molar refractivity (Wildman–Crippen MR) is 79.2 cm³/mol. The molecule has 1 heterocycles. The van der Waals surface area contributed by atoms with E-state index in [0.717, 1.165) is 23.5 Å². The highest BCUT2D eigenvalue weighted by atomic mass is 16.5. The monoisotopic (exact) mass is 261 g/mol. The van der Waals surface area contributed by atoms with Crippen molar-refractivity contribution in [2.75, 3.05) is 18.6 Å². The van der Waals surface area contributed by atoms with E-state index in [1.54, 1.807) is 7.11 Å².